The van der Waals surface area contributed by atoms with Crippen LogP contribution in [-0.2, 0) is 37.2 Å². The fourth-order valence-electron chi connectivity index (χ4n) is 3.21. The van der Waals surface area contributed by atoms with Gasteiger partial charge in [0.1, 0.15) is 23.9 Å². The van der Waals surface area contributed by atoms with Crippen LogP contribution in [0.15, 0.2) is 24.4 Å². The Morgan fingerprint density at radius 1 is 1.12 bits per heavy atom. The van der Waals surface area contributed by atoms with E-state index in [4.69, 9.17) is 25.2 Å². The minimum Gasteiger partial charge on any atom is -0.397 e. The van der Waals surface area contributed by atoms with Crippen molar-refractivity contribution in [1.29, 1.82) is 0 Å². The van der Waals surface area contributed by atoms with Crippen LogP contribution in [-0.4, -0.2) is 64.3 Å². The van der Waals surface area contributed by atoms with E-state index in [-0.39, 0.29) is 5.69 Å². The number of nitrogens with zero attached hydrogens (tertiary/aromatic N) is 2. The van der Waals surface area contributed by atoms with Gasteiger partial charge in [-0.1, -0.05) is 0 Å². The van der Waals surface area contributed by atoms with Gasteiger partial charge >= 0.3 is 23.5 Å². The topological polar surface area (TPSA) is 253 Å². The highest BCUT2D eigenvalue weighted by Gasteiger charge is 2.54. The maximum absolute atomic E-state index is 11.9. The average molecular weight is 519 g/mol. The number of ether oxygens (including phenoxy) is 1. The number of aromatic nitrogens is 2. The Kier molecular flexibility index (Phi) is 6.77. The maximum atomic E-state index is 11.9. The summed E-state index contributed by atoms with van der Waals surface area (Å²) in [7, 11) is -16.7. The summed E-state index contributed by atoms with van der Waals surface area (Å²) < 4.78 is 52.7. The Hall–Kier alpha value is -1.22. The largest absolute Gasteiger partial charge is 0.490 e. The van der Waals surface area contributed by atoms with E-state index in [9.17, 15) is 28.8 Å². The van der Waals surface area contributed by atoms with Crippen LogP contribution in [0.25, 0.3) is 5.52 Å². The molecule has 0 aliphatic carbocycles. The van der Waals surface area contributed by atoms with E-state index in [1.54, 1.807) is 18.2 Å². The molecule has 1 saturated heterocycles. The number of phosphoric ester groups is 1. The first-order valence-corrected chi connectivity index (χ1v) is 13.1. The van der Waals surface area contributed by atoms with Crippen LogP contribution in [0.1, 0.15) is 12.6 Å². The first kappa shape index (κ1) is 25.4. The molecule has 2 aromatic heterocycles. The summed E-state index contributed by atoms with van der Waals surface area (Å²) in [6.07, 6.45) is -3.26. The molecule has 1 fully saturated rings. The van der Waals surface area contributed by atoms with Crippen LogP contribution in [0.3, 0.4) is 0 Å². The number of hydrogen-bond acceptors (Lipinski definition) is 11. The molecule has 1 aliphatic heterocycles. The number of phosphoric acid groups is 3. The van der Waals surface area contributed by atoms with Gasteiger partial charge < -0.3 is 40.3 Å². The number of aliphatic hydroxyl groups excluding tert-OH is 2. The van der Waals surface area contributed by atoms with Crippen LogP contribution in [0.5, 0.6) is 0 Å². The lowest BCUT2D eigenvalue weighted by atomic mass is 9.93. The smallest absolute Gasteiger partial charge is 0.397 e. The Balaban J connectivity index is 1.75. The number of nitrogen functional groups attached to an aromatic ring is 1. The van der Waals surface area contributed by atoms with Gasteiger partial charge in [0.15, 0.2) is 0 Å². The molecule has 2 unspecified atom stereocenters. The third-order valence-electron chi connectivity index (χ3n) is 4.58. The molecule has 8 N–H and O–H groups in total. The molecule has 0 bridgehead atoms. The minimum absolute atomic E-state index is 0.284. The molecule has 3 rings (SSSR count). The molecule has 0 saturated carbocycles. The van der Waals surface area contributed by atoms with Gasteiger partial charge in [0.05, 0.1) is 23.5 Å². The fraction of sp³-hybridized carbons (Fsp3) is 0.462. The van der Waals surface area contributed by atoms with Gasteiger partial charge in [0.25, 0.3) is 0 Å². The average Bonchev–Trinajstić information content (AvgIpc) is 3.14. The highest BCUT2D eigenvalue weighted by atomic mass is 31.3. The van der Waals surface area contributed by atoms with E-state index in [0.717, 1.165) is 0 Å². The zero-order valence-electron chi connectivity index (χ0n) is 16.1. The van der Waals surface area contributed by atoms with E-state index in [2.05, 4.69) is 18.2 Å². The SMILES string of the molecule is C[C@@]1(c2ccc3c(N)ccnn23)O[C@H](COP(=O)(O)OP(=O)(O)OP(=O)(O)O)[C@@H](O)[C@H]1O. The Bertz CT molecular complexity index is 1150. The molecule has 19 heteroatoms. The van der Waals surface area contributed by atoms with Crippen molar-refractivity contribution < 1.29 is 61.4 Å². The van der Waals surface area contributed by atoms with Crippen molar-refractivity contribution in [2.75, 3.05) is 12.3 Å². The molecule has 0 aromatic carbocycles. The molecular weight excluding hydrogens is 499 g/mol. The third-order valence-corrected chi connectivity index (χ3v) is 8.38. The molecule has 0 spiro atoms. The molecule has 3 heterocycles. The van der Waals surface area contributed by atoms with Crippen LogP contribution in [0.2, 0.25) is 0 Å². The van der Waals surface area contributed by atoms with Gasteiger partial charge in [-0.05, 0) is 25.1 Å². The number of anilines is 1. The molecule has 0 radical (unpaired) electrons. The summed E-state index contributed by atoms with van der Waals surface area (Å²) in [4.78, 5) is 35.8. The molecule has 2 aromatic rings. The summed E-state index contributed by atoms with van der Waals surface area (Å²) in [5.41, 5.74) is 5.45. The second-order valence-corrected chi connectivity index (χ2v) is 11.3. The number of aliphatic hydroxyl groups is 2. The maximum Gasteiger partial charge on any atom is 0.490 e. The number of hydrogen-bond donors (Lipinski definition) is 7. The predicted octanol–water partition coefficient (Wildman–Crippen LogP) is -0.404. The van der Waals surface area contributed by atoms with E-state index in [1.165, 1.54) is 17.6 Å². The van der Waals surface area contributed by atoms with Gasteiger partial charge in [0, 0.05) is 6.20 Å². The predicted molar refractivity (Wildman–Crippen MR) is 104 cm³/mol. The van der Waals surface area contributed by atoms with Gasteiger partial charge in [-0.25, -0.2) is 18.2 Å². The van der Waals surface area contributed by atoms with E-state index < -0.39 is 54.0 Å². The molecule has 0 amide bonds. The normalized spacial score (nSPS) is 30.3. The van der Waals surface area contributed by atoms with Crippen LogP contribution < -0.4 is 5.73 Å². The molecule has 180 valence electrons. The van der Waals surface area contributed by atoms with Gasteiger partial charge in [-0.15, -0.1) is 0 Å². The minimum atomic E-state index is -5.70. The third kappa shape index (κ3) is 5.29. The standard InChI is InChI=1S/C13H20N3O13P3/c1-13(10-3-2-8-7(14)4-5-15-16(8)10)12(18)11(17)9(27-13)6-26-31(22,23)29-32(24,25)28-30(19,20)21/h2-5,9,11-12,17-18H,6,14H2,1H3,(H,22,23)(H,24,25)(H2,19,20,21)/t9-,11-,12-,13+/m1/s1. The second kappa shape index (κ2) is 8.53. The van der Waals surface area contributed by atoms with Crippen molar-refractivity contribution in [3.63, 3.8) is 0 Å². The van der Waals surface area contributed by atoms with Crippen molar-refractivity contribution >= 4 is 34.7 Å². The summed E-state index contributed by atoms with van der Waals surface area (Å²) >= 11 is 0. The Morgan fingerprint density at radius 2 is 1.78 bits per heavy atom. The van der Waals surface area contributed by atoms with E-state index in [0.29, 0.717) is 11.2 Å². The molecule has 1 aliphatic rings. The lowest BCUT2D eigenvalue weighted by Gasteiger charge is -2.27. The zero-order valence-corrected chi connectivity index (χ0v) is 18.8. The highest BCUT2D eigenvalue weighted by molar-refractivity contribution is 7.66. The molecule has 6 atom stereocenters. The Morgan fingerprint density at radius 3 is 2.41 bits per heavy atom. The van der Waals surface area contributed by atoms with Crippen LogP contribution in [0, 0.1) is 0 Å². The van der Waals surface area contributed by atoms with Crippen LogP contribution in [0.4, 0.5) is 5.69 Å². The quantitative estimate of drug-likeness (QED) is 0.219. The summed E-state index contributed by atoms with van der Waals surface area (Å²) in [5.74, 6) is 0. The van der Waals surface area contributed by atoms with Crippen molar-refractivity contribution in [2.45, 2.75) is 30.8 Å². The zero-order chi connectivity index (χ0) is 24.1. The van der Waals surface area contributed by atoms with Gasteiger partial charge in [-0.2, -0.15) is 13.7 Å². The van der Waals surface area contributed by atoms with E-state index in [1.807, 2.05) is 0 Å². The summed E-state index contributed by atoms with van der Waals surface area (Å²) in [6.45, 7) is 0.481. The number of rotatable bonds is 8. The Labute approximate surface area is 179 Å². The second-order valence-electron chi connectivity index (χ2n) is 6.89. The van der Waals surface area contributed by atoms with Crippen molar-refractivity contribution in [3.05, 3.63) is 30.1 Å². The first-order chi connectivity index (χ1) is 14.5. The lowest BCUT2D eigenvalue weighted by molar-refractivity contribution is -0.0882. The van der Waals surface area contributed by atoms with Crippen LogP contribution >= 0.6 is 23.5 Å². The number of fused-ring (bicyclic) bond motifs is 1. The van der Waals surface area contributed by atoms with Crippen molar-refractivity contribution in [3.8, 4) is 0 Å². The van der Waals surface area contributed by atoms with Gasteiger partial charge in [0.2, 0.25) is 0 Å². The monoisotopic (exact) mass is 519 g/mol. The number of nitrogens with two attached hydrogens (primary N) is 1. The summed E-state index contributed by atoms with van der Waals surface area (Å²) in [6, 6.07) is 4.69. The van der Waals surface area contributed by atoms with Gasteiger partial charge in [-0.3, -0.25) is 4.52 Å². The highest BCUT2D eigenvalue weighted by Crippen LogP contribution is 2.66. The molecule has 16 nitrogen and oxygen atoms in total. The van der Waals surface area contributed by atoms with E-state index >= 15 is 0 Å². The molecule has 32 heavy (non-hydrogen) atoms. The molecular formula is C13H20N3O13P3. The van der Waals surface area contributed by atoms with Crippen molar-refractivity contribution in [1.82, 2.24) is 9.61 Å². The lowest BCUT2D eigenvalue weighted by Crippen LogP contribution is -2.39. The first-order valence-electron chi connectivity index (χ1n) is 8.60. The van der Waals surface area contributed by atoms with Crippen molar-refractivity contribution in [2.24, 2.45) is 0 Å². The summed E-state index contributed by atoms with van der Waals surface area (Å²) in [5, 5.41) is 25.0. The fourth-order valence-corrected chi connectivity index (χ4v) is 6.24.